The molecule has 1 N–H and O–H groups in total. The number of amides is 4. The van der Waals surface area contributed by atoms with Crippen molar-refractivity contribution in [1.29, 1.82) is 0 Å². The topological polar surface area (TPSA) is 97.8 Å². The zero-order valence-corrected chi connectivity index (χ0v) is 15.0. The number of carbonyl (C=O) groups excluding carboxylic acids is 3. The number of aromatic nitrogens is 1. The molecule has 1 aromatic heterocycles. The molecule has 1 aliphatic heterocycles. The van der Waals surface area contributed by atoms with Crippen molar-refractivity contribution in [1.82, 2.24) is 10.3 Å². The van der Waals surface area contributed by atoms with Crippen LogP contribution in [0.25, 0.3) is 6.08 Å². The highest BCUT2D eigenvalue weighted by Gasteiger charge is 2.37. The van der Waals surface area contributed by atoms with Crippen LogP contribution >= 0.6 is 0 Å². The van der Waals surface area contributed by atoms with Crippen molar-refractivity contribution >= 4 is 29.6 Å². The van der Waals surface area contributed by atoms with Crippen molar-refractivity contribution in [2.24, 2.45) is 0 Å². The zero-order valence-electron chi connectivity index (χ0n) is 15.0. The van der Waals surface area contributed by atoms with Gasteiger partial charge in [-0.2, -0.15) is 0 Å². The van der Waals surface area contributed by atoms with E-state index in [0.29, 0.717) is 22.7 Å². The lowest BCUT2D eigenvalue weighted by Crippen LogP contribution is -2.54. The largest absolute Gasteiger partial charge is 0.496 e. The van der Waals surface area contributed by atoms with Crippen LogP contribution in [0.4, 0.5) is 10.5 Å². The van der Waals surface area contributed by atoms with E-state index in [2.05, 4.69) is 10.3 Å². The molecule has 1 fully saturated rings. The fourth-order valence-electron chi connectivity index (χ4n) is 2.84. The van der Waals surface area contributed by atoms with Crippen LogP contribution < -0.4 is 19.7 Å². The van der Waals surface area contributed by atoms with Gasteiger partial charge in [-0.1, -0.05) is 0 Å². The Kier molecular flexibility index (Phi) is 4.89. The second-order valence-electron chi connectivity index (χ2n) is 5.68. The maximum absolute atomic E-state index is 12.8. The van der Waals surface area contributed by atoms with Gasteiger partial charge in [-0.15, -0.1) is 0 Å². The summed E-state index contributed by atoms with van der Waals surface area (Å²) in [5.41, 5.74) is 1.36. The van der Waals surface area contributed by atoms with E-state index in [4.69, 9.17) is 9.47 Å². The quantitative estimate of drug-likeness (QED) is 0.656. The maximum atomic E-state index is 12.8. The number of methoxy groups -OCH3 is 2. The molecule has 1 aliphatic rings. The number of barbiturate groups is 1. The van der Waals surface area contributed by atoms with E-state index in [1.807, 2.05) is 0 Å². The third-order valence-corrected chi connectivity index (χ3v) is 4.13. The van der Waals surface area contributed by atoms with E-state index in [1.165, 1.54) is 44.8 Å². The van der Waals surface area contributed by atoms with Crippen molar-refractivity contribution < 1.29 is 23.9 Å². The Bertz CT molecular complexity index is 953. The monoisotopic (exact) mass is 367 g/mol. The van der Waals surface area contributed by atoms with Crippen molar-refractivity contribution in [3.8, 4) is 11.5 Å². The van der Waals surface area contributed by atoms with Crippen LogP contribution in [0.3, 0.4) is 0 Å². The molecule has 0 spiro atoms. The lowest BCUT2D eigenvalue weighted by molar-refractivity contribution is -0.122. The van der Waals surface area contributed by atoms with Gasteiger partial charge in [0.05, 0.1) is 19.9 Å². The third-order valence-electron chi connectivity index (χ3n) is 4.13. The molecule has 138 valence electrons. The molecule has 0 saturated carbocycles. The Hall–Kier alpha value is -3.68. The van der Waals surface area contributed by atoms with E-state index in [0.717, 1.165) is 10.5 Å². The van der Waals surface area contributed by atoms with Crippen LogP contribution in [-0.2, 0) is 9.59 Å². The summed E-state index contributed by atoms with van der Waals surface area (Å²) < 4.78 is 10.7. The number of hydrogen-bond donors (Lipinski definition) is 1. The third kappa shape index (κ3) is 3.24. The Labute approximate surface area is 155 Å². The highest BCUT2D eigenvalue weighted by Crippen LogP contribution is 2.33. The van der Waals surface area contributed by atoms with Gasteiger partial charge in [0.1, 0.15) is 17.1 Å². The summed E-state index contributed by atoms with van der Waals surface area (Å²) in [4.78, 5) is 42.0. The maximum Gasteiger partial charge on any atom is 0.335 e. The van der Waals surface area contributed by atoms with E-state index in [-0.39, 0.29) is 5.57 Å². The Morgan fingerprint density at radius 2 is 1.74 bits per heavy atom. The molecule has 2 aromatic rings. The van der Waals surface area contributed by atoms with Gasteiger partial charge in [-0.25, -0.2) is 9.69 Å². The Morgan fingerprint density at radius 3 is 2.37 bits per heavy atom. The predicted molar refractivity (Wildman–Crippen MR) is 97.5 cm³/mol. The van der Waals surface area contributed by atoms with Gasteiger partial charge in [0.25, 0.3) is 11.8 Å². The molecule has 8 heteroatoms. The molecule has 0 radical (unpaired) electrons. The average molecular weight is 367 g/mol. The number of anilines is 1. The van der Waals surface area contributed by atoms with Crippen LogP contribution in [0.5, 0.6) is 11.5 Å². The number of carbonyl (C=O) groups is 3. The van der Waals surface area contributed by atoms with E-state index < -0.39 is 17.8 Å². The minimum Gasteiger partial charge on any atom is -0.496 e. The van der Waals surface area contributed by atoms with Crippen molar-refractivity contribution in [2.75, 3.05) is 19.1 Å². The second kappa shape index (κ2) is 7.28. The van der Waals surface area contributed by atoms with Gasteiger partial charge in [-0.3, -0.25) is 19.9 Å². The number of ether oxygens (including phenoxy) is 2. The summed E-state index contributed by atoms with van der Waals surface area (Å²) >= 11 is 0. The van der Waals surface area contributed by atoms with Gasteiger partial charge in [0, 0.05) is 23.5 Å². The smallest absolute Gasteiger partial charge is 0.335 e. The van der Waals surface area contributed by atoms with E-state index in [9.17, 15) is 14.4 Å². The Balaban J connectivity index is 2.08. The standard InChI is InChI=1S/C19H17N3O5/c1-11-15(26-2)5-4-12(16(11)27-3)10-14-17(23)21-19(25)22(18(14)24)13-6-8-20-9-7-13/h4-10H,1-3H3,(H,21,23,25)/b14-10+. The predicted octanol–water partition coefficient (Wildman–Crippen LogP) is 2.07. The molecule has 27 heavy (non-hydrogen) atoms. The summed E-state index contributed by atoms with van der Waals surface area (Å²) in [7, 11) is 3.02. The average Bonchev–Trinajstić information content (AvgIpc) is 2.66. The molecule has 0 unspecified atom stereocenters. The van der Waals surface area contributed by atoms with Crippen LogP contribution in [0.2, 0.25) is 0 Å². The molecule has 2 heterocycles. The van der Waals surface area contributed by atoms with Crippen LogP contribution in [0, 0.1) is 6.92 Å². The number of nitrogens with one attached hydrogen (secondary N) is 1. The first-order valence-corrected chi connectivity index (χ1v) is 8.01. The highest BCUT2D eigenvalue weighted by molar-refractivity contribution is 6.39. The van der Waals surface area contributed by atoms with E-state index in [1.54, 1.807) is 19.1 Å². The van der Waals surface area contributed by atoms with Gasteiger partial charge < -0.3 is 9.47 Å². The molecule has 1 aromatic carbocycles. The highest BCUT2D eigenvalue weighted by atomic mass is 16.5. The number of pyridine rings is 1. The lowest BCUT2D eigenvalue weighted by Gasteiger charge is -2.26. The molecule has 1 saturated heterocycles. The van der Waals surface area contributed by atoms with Crippen molar-refractivity contribution in [3.63, 3.8) is 0 Å². The SMILES string of the molecule is COc1ccc(/C=C2\C(=O)NC(=O)N(c3ccncc3)C2=O)c(OC)c1C. The first-order chi connectivity index (χ1) is 13.0. The summed E-state index contributed by atoms with van der Waals surface area (Å²) in [6.45, 7) is 1.80. The van der Waals surface area contributed by atoms with Crippen LogP contribution in [0.1, 0.15) is 11.1 Å². The van der Waals surface area contributed by atoms with Crippen LogP contribution in [0.15, 0.2) is 42.2 Å². The number of urea groups is 1. The molecular formula is C19H17N3O5. The molecule has 3 rings (SSSR count). The summed E-state index contributed by atoms with van der Waals surface area (Å²) in [6, 6.07) is 5.57. The van der Waals surface area contributed by atoms with Gasteiger partial charge in [0.2, 0.25) is 0 Å². The summed E-state index contributed by atoms with van der Waals surface area (Å²) in [5.74, 6) is -0.423. The minimum absolute atomic E-state index is 0.186. The number of benzene rings is 1. The van der Waals surface area contributed by atoms with Gasteiger partial charge in [0.15, 0.2) is 0 Å². The minimum atomic E-state index is -0.814. The van der Waals surface area contributed by atoms with Gasteiger partial charge >= 0.3 is 6.03 Å². The first-order valence-electron chi connectivity index (χ1n) is 8.01. The molecule has 0 atom stereocenters. The van der Waals surface area contributed by atoms with Crippen LogP contribution in [-0.4, -0.2) is 37.0 Å². The summed E-state index contributed by atoms with van der Waals surface area (Å²) in [6.07, 6.45) is 4.29. The zero-order chi connectivity index (χ0) is 19.6. The number of rotatable bonds is 4. The Morgan fingerprint density at radius 1 is 1.04 bits per heavy atom. The normalized spacial score (nSPS) is 15.7. The molecular weight excluding hydrogens is 350 g/mol. The van der Waals surface area contributed by atoms with Crippen molar-refractivity contribution in [3.05, 3.63) is 53.4 Å². The molecule has 0 bridgehead atoms. The number of hydrogen-bond acceptors (Lipinski definition) is 6. The second-order valence-corrected chi connectivity index (χ2v) is 5.68. The molecule has 8 nitrogen and oxygen atoms in total. The van der Waals surface area contributed by atoms with Gasteiger partial charge in [-0.05, 0) is 37.3 Å². The molecule has 0 aliphatic carbocycles. The molecule has 4 amide bonds. The fourth-order valence-corrected chi connectivity index (χ4v) is 2.84. The summed E-state index contributed by atoms with van der Waals surface area (Å²) in [5, 5.41) is 2.18. The fraction of sp³-hybridized carbons (Fsp3) is 0.158. The first kappa shape index (κ1) is 18.1. The van der Waals surface area contributed by atoms with Crippen molar-refractivity contribution in [2.45, 2.75) is 6.92 Å². The number of nitrogens with zero attached hydrogens (tertiary/aromatic N) is 2. The lowest BCUT2D eigenvalue weighted by atomic mass is 10.0. The van der Waals surface area contributed by atoms with E-state index >= 15 is 0 Å². The number of imide groups is 2.